The Morgan fingerprint density at radius 2 is 2.13 bits per heavy atom. The lowest BCUT2D eigenvalue weighted by atomic mass is 10.2. The normalized spacial score (nSPS) is 11.0. The molecule has 0 saturated heterocycles. The van der Waals surface area contributed by atoms with Gasteiger partial charge >= 0.3 is 6.61 Å². The average Bonchev–Trinajstić information content (AvgIpc) is 3.00. The van der Waals surface area contributed by atoms with Gasteiger partial charge < -0.3 is 14.8 Å². The van der Waals surface area contributed by atoms with E-state index in [0.29, 0.717) is 15.4 Å². The second kappa shape index (κ2) is 7.68. The van der Waals surface area contributed by atoms with Crippen LogP contribution in [0.3, 0.4) is 0 Å². The third-order valence-corrected chi connectivity index (χ3v) is 3.76. The van der Waals surface area contributed by atoms with Gasteiger partial charge in [0.05, 0.1) is 13.3 Å². The van der Waals surface area contributed by atoms with Crippen molar-refractivity contribution in [2.75, 3.05) is 14.2 Å². The quantitative estimate of drug-likeness (QED) is 0.877. The molecule has 1 N–H and O–H groups in total. The van der Waals surface area contributed by atoms with Gasteiger partial charge in [0.25, 0.3) is 5.91 Å². The van der Waals surface area contributed by atoms with Crippen LogP contribution in [-0.2, 0) is 0 Å². The van der Waals surface area contributed by atoms with Crippen LogP contribution < -0.4 is 14.8 Å². The average molecular weight is 340 g/mol. The molecule has 1 amide bonds. The van der Waals surface area contributed by atoms with Crippen molar-refractivity contribution in [3.63, 3.8) is 0 Å². The van der Waals surface area contributed by atoms with Crippen LogP contribution in [0.15, 0.2) is 24.4 Å². The van der Waals surface area contributed by atoms with Gasteiger partial charge in [-0.15, -0.1) is 11.3 Å². The lowest BCUT2D eigenvalue weighted by Gasteiger charge is -2.10. The molecule has 0 atom stereocenters. The number of methoxy groups -OCH3 is 1. The van der Waals surface area contributed by atoms with Crippen molar-refractivity contribution in [2.45, 2.75) is 6.61 Å². The molecule has 5 nitrogen and oxygen atoms in total. The number of aromatic nitrogens is 1. The number of halogens is 2. The van der Waals surface area contributed by atoms with Gasteiger partial charge in [0, 0.05) is 7.05 Å². The predicted octanol–water partition coefficient (Wildman–Crippen LogP) is 3.28. The van der Waals surface area contributed by atoms with Crippen molar-refractivity contribution < 1.29 is 23.0 Å². The van der Waals surface area contributed by atoms with Crippen molar-refractivity contribution in [1.29, 1.82) is 0 Å². The monoisotopic (exact) mass is 340 g/mol. The Morgan fingerprint density at radius 1 is 1.35 bits per heavy atom. The molecule has 1 heterocycles. The molecular weight excluding hydrogens is 326 g/mol. The van der Waals surface area contributed by atoms with Crippen molar-refractivity contribution in [3.05, 3.63) is 39.8 Å². The Balaban J connectivity index is 2.18. The van der Waals surface area contributed by atoms with Crippen LogP contribution in [0.4, 0.5) is 8.78 Å². The van der Waals surface area contributed by atoms with E-state index >= 15 is 0 Å². The Hall–Kier alpha value is -2.48. The first kappa shape index (κ1) is 16.9. The highest BCUT2D eigenvalue weighted by Crippen LogP contribution is 2.30. The van der Waals surface area contributed by atoms with E-state index < -0.39 is 6.61 Å². The number of benzene rings is 1. The largest absolute Gasteiger partial charge is 0.493 e. The lowest BCUT2D eigenvalue weighted by Crippen LogP contribution is -2.16. The van der Waals surface area contributed by atoms with Gasteiger partial charge in [-0.3, -0.25) is 4.79 Å². The zero-order chi connectivity index (χ0) is 16.8. The maximum atomic E-state index is 12.4. The minimum atomic E-state index is -2.93. The third kappa shape index (κ3) is 4.49. The van der Waals surface area contributed by atoms with Crippen molar-refractivity contribution in [3.8, 4) is 11.5 Å². The Bertz CT molecular complexity index is 716. The standard InChI is InChI=1S/C15H14F2N2O3S/c1-18-14(20)12-8-19-13(23-12)6-4-9-3-5-10(21-2)11(7-9)22-15(16)17/h3-8,15H,1-2H3,(H,18,20). The number of carbonyl (C=O) groups is 1. The van der Waals surface area contributed by atoms with Gasteiger partial charge in [-0.25, -0.2) is 4.98 Å². The molecular formula is C15H14F2N2O3S. The summed E-state index contributed by atoms with van der Waals surface area (Å²) >= 11 is 1.22. The highest BCUT2D eigenvalue weighted by Gasteiger charge is 2.11. The summed E-state index contributed by atoms with van der Waals surface area (Å²) in [4.78, 5) is 16.0. The first-order chi connectivity index (χ1) is 11.0. The first-order valence-corrected chi connectivity index (χ1v) is 7.34. The summed E-state index contributed by atoms with van der Waals surface area (Å²) in [6, 6.07) is 4.67. The summed E-state index contributed by atoms with van der Waals surface area (Å²) in [6.07, 6.45) is 4.85. The van der Waals surface area contributed by atoms with Gasteiger partial charge in [-0.1, -0.05) is 12.1 Å². The van der Waals surface area contributed by atoms with Crippen LogP contribution >= 0.6 is 11.3 Å². The van der Waals surface area contributed by atoms with Gasteiger partial charge in [0.1, 0.15) is 9.88 Å². The number of carbonyl (C=O) groups excluding carboxylic acids is 1. The van der Waals surface area contributed by atoms with E-state index in [1.165, 1.54) is 36.8 Å². The zero-order valence-corrected chi connectivity index (χ0v) is 13.2. The van der Waals surface area contributed by atoms with Gasteiger partial charge in [-0.2, -0.15) is 8.78 Å². The molecule has 1 aromatic carbocycles. The fourth-order valence-electron chi connectivity index (χ4n) is 1.75. The maximum Gasteiger partial charge on any atom is 0.387 e. The summed E-state index contributed by atoms with van der Waals surface area (Å²) in [5.74, 6) is -0.0346. The van der Waals surface area contributed by atoms with Crippen LogP contribution in [-0.4, -0.2) is 31.7 Å². The predicted molar refractivity (Wildman–Crippen MR) is 84.1 cm³/mol. The highest BCUT2D eigenvalue weighted by molar-refractivity contribution is 7.14. The summed E-state index contributed by atoms with van der Waals surface area (Å²) < 4.78 is 34.2. The molecule has 0 saturated carbocycles. The lowest BCUT2D eigenvalue weighted by molar-refractivity contribution is -0.0512. The second-order valence-electron chi connectivity index (χ2n) is 4.26. The van der Waals surface area contributed by atoms with Crippen molar-refractivity contribution in [1.82, 2.24) is 10.3 Å². The van der Waals surface area contributed by atoms with Gasteiger partial charge in [0.2, 0.25) is 0 Å². The third-order valence-electron chi connectivity index (χ3n) is 2.80. The summed E-state index contributed by atoms with van der Waals surface area (Å²) in [5.41, 5.74) is 0.637. The molecule has 8 heteroatoms. The minimum Gasteiger partial charge on any atom is -0.493 e. The van der Waals surface area contributed by atoms with Crippen LogP contribution in [0.1, 0.15) is 20.2 Å². The van der Waals surface area contributed by atoms with E-state index in [9.17, 15) is 13.6 Å². The van der Waals surface area contributed by atoms with E-state index in [2.05, 4.69) is 15.0 Å². The number of hydrogen-bond acceptors (Lipinski definition) is 5. The molecule has 0 aliphatic carbocycles. The molecule has 0 aliphatic rings. The number of nitrogens with one attached hydrogen (secondary N) is 1. The number of nitrogens with zero attached hydrogens (tertiary/aromatic N) is 1. The Kier molecular flexibility index (Phi) is 5.64. The van der Waals surface area contributed by atoms with Gasteiger partial charge in [-0.05, 0) is 23.8 Å². The zero-order valence-electron chi connectivity index (χ0n) is 12.4. The molecule has 0 radical (unpaired) electrons. The number of ether oxygens (including phenoxy) is 2. The van der Waals surface area contributed by atoms with Crippen LogP contribution in [0.5, 0.6) is 11.5 Å². The van der Waals surface area contributed by atoms with Crippen LogP contribution in [0.25, 0.3) is 12.2 Å². The maximum absolute atomic E-state index is 12.4. The summed E-state index contributed by atoms with van der Waals surface area (Å²) in [5, 5.41) is 3.13. The number of rotatable bonds is 6. The smallest absolute Gasteiger partial charge is 0.387 e. The van der Waals surface area contributed by atoms with E-state index in [-0.39, 0.29) is 17.4 Å². The van der Waals surface area contributed by atoms with E-state index in [0.717, 1.165) is 0 Å². The molecule has 0 unspecified atom stereocenters. The van der Waals surface area contributed by atoms with Crippen LogP contribution in [0.2, 0.25) is 0 Å². The number of hydrogen-bond donors (Lipinski definition) is 1. The second-order valence-corrected chi connectivity index (χ2v) is 5.33. The van der Waals surface area contributed by atoms with Gasteiger partial charge in [0.15, 0.2) is 11.5 Å². The fraction of sp³-hybridized carbons (Fsp3) is 0.200. The molecule has 23 heavy (non-hydrogen) atoms. The Morgan fingerprint density at radius 3 is 2.78 bits per heavy atom. The molecule has 0 spiro atoms. The molecule has 0 bridgehead atoms. The minimum absolute atomic E-state index is 0.0464. The van der Waals surface area contributed by atoms with E-state index in [1.807, 2.05) is 0 Å². The molecule has 0 fully saturated rings. The number of thiazole rings is 1. The van der Waals surface area contributed by atoms with E-state index in [4.69, 9.17) is 4.74 Å². The molecule has 1 aromatic heterocycles. The highest BCUT2D eigenvalue weighted by atomic mass is 32.1. The molecule has 0 aliphatic heterocycles. The topological polar surface area (TPSA) is 60.5 Å². The number of alkyl halides is 2. The fourth-order valence-corrected chi connectivity index (χ4v) is 2.51. The van der Waals surface area contributed by atoms with Crippen molar-refractivity contribution in [2.24, 2.45) is 0 Å². The van der Waals surface area contributed by atoms with E-state index in [1.54, 1.807) is 25.3 Å². The Labute approximate surface area is 135 Å². The summed E-state index contributed by atoms with van der Waals surface area (Å²) in [6.45, 7) is -2.93. The molecule has 2 rings (SSSR count). The first-order valence-electron chi connectivity index (χ1n) is 6.52. The molecule has 2 aromatic rings. The molecule has 122 valence electrons. The summed E-state index contributed by atoms with van der Waals surface area (Å²) in [7, 11) is 2.92. The van der Waals surface area contributed by atoms with Crippen molar-refractivity contribution >= 4 is 29.4 Å². The van der Waals surface area contributed by atoms with Crippen LogP contribution in [0, 0.1) is 0 Å². The number of amides is 1. The SMILES string of the molecule is CNC(=O)c1cnc(C=Cc2ccc(OC)c(OC(F)F)c2)s1.